The molecule has 0 radical (unpaired) electrons. The summed E-state index contributed by atoms with van der Waals surface area (Å²) in [6.07, 6.45) is 3.26. The molecule has 2 aromatic carbocycles. The Hall–Kier alpha value is -2.04. The molecule has 0 amide bonds. The Morgan fingerprint density at radius 3 is 2.64 bits per heavy atom. The van der Waals surface area contributed by atoms with Crippen LogP contribution >= 0.6 is 23.8 Å². The van der Waals surface area contributed by atoms with E-state index in [9.17, 15) is 0 Å². The summed E-state index contributed by atoms with van der Waals surface area (Å²) < 4.78 is 2.30. The summed E-state index contributed by atoms with van der Waals surface area (Å²) in [6.45, 7) is 10.3. The molecule has 28 heavy (non-hydrogen) atoms. The SMILES string of the molecule is CC[C@@H](C)N(Cc1cn(CC)c2ccccc12)C(=S)Nc1ccc(C)cc1Cl. The van der Waals surface area contributed by atoms with Gasteiger partial charge in [0.1, 0.15) is 0 Å². The van der Waals surface area contributed by atoms with Crippen LogP contribution in [0, 0.1) is 6.92 Å². The van der Waals surface area contributed by atoms with Crippen LogP contribution in [0.4, 0.5) is 5.69 Å². The molecule has 0 saturated carbocycles. The maximum Gasteiger partial charge on any atom is 0.174 e. The van der Waals surface area contributed by atoms with Gasteiger partial charge in [0.25, 0.3) is 0 Å². The third kappa shape index (κ3) is 4.34. The van der Waals surface area contributed by atoms with E-state index in [1.54, 1.807) is 0 Å². The van der Waals surface area contributed by atoms with Crippen LogP contribution < -0.4 is 5.32 Å². The number of para-hydroxylation sites is 1. The van der Waals surface area contributed by atoms with Crippen molar-refractivity contribution in [2.75, 3.05) is 5.32 Å². The number of aromatic nitrogens is 1. The monoisotopic (exact) mass is 413 g/mol. The van der Waals surface area contributed by atoms with Crippen LogP contribution in [0.25, 0.3) is 10.9 Å². The van der Waals surface area contributed by atoms with E-state index >= 15 is 0 Å². The fourth-order valence-electron chi connectivity index (χ4n) is 3.45. The second-order valence-electron chi connectivity index (χ2n) is 7.26. The van der Waals surface area contributed by atoms with Crippen molar-refractivity contribution in [3.63, 3.8) is 0 Å². The molecule has 3 rings (SSSR count). The lowest BCUT2D eigenvalue weighted by Crippen LogP contribution is -2.40. The van der Waals surface area contributed by atoms with Gasteiger partial charge < -0.3 is 14.8 Å². The van der Waals surface area contributed by atoms with E-state index in [2.05, 4.69) is 66.0 Å². The Labute approximate surface area is 178 Å². The van der Waals surface area contributed by atoms with Crippen molar-refractivity contribution >= 4 is 45.5 Å². The quantitative estimate of drug-likeness (QED) is 0.458. The van der Waals surface area contributed by atoms with Crippen molar-refractivity contribution < 1.29 is 0 Å². The molecular weight excluding hydrogens is 386 g/mol. The number of benzene rings is 2. The van der Waals surface area contributed by atoms with Gasteiger partial charge in [-0.3, -0.25) is 0 Å². The van der Waals surface area contributed by atoms with E-state index in [0.29, 0.717) is 16.2 Å². The van der Waals surface area contributed by atoms with Crippen LogP contribution in [0.1, 0.15) is 38.3 Å². The Morgan fingerprint density at radius 2 is 1.96 bits per heavy atom. The first-order chi connectivity index (χ1) is 13.4. The van der Waals surface area contributed by atoms with Crippen LogP contribution in [0.5, 0.6) is 0 Å². The van der Waals surface area contributed by atoms with E-state index in [1.165, 1.54) is 16.5 Å². The number of hydrogen-bond donors (Lipinski definition) is 1. The number of rotatable bonds is 6. The smallest absolute Gasteiger partial charge is 0.174 e. The average molecular weight is 414 g/mol. The summed E-state index contributed by atoms with van der Waals surface area (Å²) in [5.41, 5.74) is 4.54. The number of anilines is 1. The minimum absolute atomic E-state index is 0.313. The minimum atomic E-state index is 0.313. The highest BCUT2D eigenvalue weighted by Gasteiger charge is 2.19. The van der Waals surface area contributed by atoms with Crippen LogP contribution in [0.2, 0.25) is 5.02 Å². The number of thiocarbonyl (C=S) groups is 1. The zero-order valence-corrected chi connectivity index (χ0v) is 18.6. The predicted octanol–water partition coefficient (Wildman–Crippen LogP) is 6.62. The molecule has 3 nitrogen and oxygen atoms in total. The number of hydrogen-bond acceptors (Lipinski definition) is 1. The minimum Gasteiger partial charge on any atom is -0.347 e. The van der Waals surface area contributed by atoms with Gasteiger partial charge in [0, 0.05) is 36.2 Å². The van der Waals surface area contributed by atoms with Gasteiger partial charge in [-0.25, -0.2) is 0 Å². The summed E-state index contributed by atoms with van der Waals surface area (Å²) in [5, 5.41) is 6.04. The van der Waals surface area contributed by atoms with Gasteiger partial charge in [-0.2, -0.15) is 0 Å². The fourth-order valence-corrected chi connectivity index (χ4v) is 4.09. The molecular formula is C23H28ClN3S. The molecule has 1 atom stereocenters. The third-order valence-electron chi connectivity index (χ3n) is 5.30. The Bertz CT molecular complexity index is 979. The zero-order chi connectivity index (χ0) is 20.3. The Balaban J connectivity index is 1.90. The lowest BCUT2D eigenvalue weighted by molar-refractivity contribution is 0.320. The van der Waals surface area contributed by atoms with Crippen LogP contribution in [0.15, 0.2) is 48.7 Å². The van der Waals surface area contributed by atoms with Crippen molar-refractivity contribution in [2.24, 2.45) is 0 Å². The van der Waals surface area contributed by atoms with Crippen molar-refractivity contribution in [2.45, 2.75) is 53.2 Å². The van der Waals surface area contributed by atoms with Gasteiger partial charge in [0.2, 0.25) is 0 Å². The van der Waals surface area contributed by atoms with Crippen molar-refractivity contribution in [1.29, 1.82) is 0 Å². The highest BCUT2D eigenvalue weighted by Crippen LogP contribution is 2.26. The second kappa shape index (κ2) is 8.97. The van der Waals surface area contributed by atoms with Gasteiger partial charge in [0.15, 0.2) is 5.11 Å². The van der Waals surface area contributed by atoms with Crippen molar-refractivity contribution in [3.8, 4) is 0 Å². The van der Waals surface area contributed by atoms with Gasteiger partial charge >= 0.3 is 0 Å². The summed E-state index contributed by atoms with van der Waals surface area (Å²) >= 11 is 12.2. The van der Waals surface area contributed by atoms with Gasteiger partial charge in [-0.05, 0) is 68.7 Å². The molecule has 0 saturated heterocycles. The molecule has 1 heterocycles. The maximum atomic E-state index is 6.41. The molecule has 0 aliphatic heterocycles. The first-order valence-electron chi connectivity index (χ1n) is 9.85. The number of nitrogens with zero attached hydrogens (tertiary/aromatic N) is 2. The predicted molar refractivity (Wildman–Crippen MR) is 125 cm³/mol. The van der Waals surface area contributed by atoms with Crippen molar-refractivity contribution in [1.82, 2.24) is 9.47 Å². The molecule has 1 aromatic heterocycles. The molecule has 3 aromatic rings. The number of nitrogens with one attached hydrogen (secondary N) is 1. The molecule has 5 heteroatoms. The summed E-state index contributed by atoms with van der Waals surface area (Å²) in [5.74, 6) is 0. The molecule has 148 valence electrons. The normalized spacial score (nSPS) is 12.2. The van der Waals surface area contributed by atoms with Crippen molar-refractivity contribution in [3.05, 3.63) is 64.8 Å². The molecule has 0 fully saturated rings. The van der Waals surface area contributed by atoms with E-state index in [0.717, 1.165) is 30.8 Å². The zero-order valence-electron chi connectivity index (χ0n) is 17.0. The van der Waals surface area contributed by atoms with Crippen LogP contribution in [-0.2, 0) is 13.1 Å². The Kier molecular flexibility index (Phi) is 6.63. The maximum absolute atomic E-state index is 6.41. The van der Waals surface area contributed by atoms with E-state index in [4.69, 9.17) is 23.8 Å². The lowest BCUT2D eigenvalue weighted by atomic mass is 10.1. The molecule has 0 bridgehead atoms. The highest BCUT2D eigenvalue weighted by molar-refractivity contribution is 7.80. The fraction of sp³-hybridized carbons (Fsp3) is 0.348. The summed E-state index contributed by atoms with van der Waals surface area (Å²) in [4.78, 5) is 2.26. The molecule has 0 unspecified atom stereocenters. The van der Waals surface area contributed by atoms with Gasteiger partial charge in [0.05, 0.1) is 10.7 Å². The molecule has 1 N–H and O–H groups in total. The van der Waals surface area contributed by atoms with Gasteiger partial charge in [-0.15, -0.1) is 0 Å². The summed E-state index contributed by atoms with van der Waals surface area (Å²) in [6, 6.07) is 14.9. The standard InChI is InChI=1S/C23H28ClN3S/c1-5-17(4)27(23(28)25-21-12-11-16(3)13-20(21)24)15-18-14-26(6-2)22-10-8-7-9-19(18)22/h7-14,17H,5-6,15H2,1-4H3,(H,25,28)/t17-/m1/s1. The number of aryl methyl sites for hydroxylation is 2. The highest BCUT2D eigenvalue weighted by atomic mass is 35.5. The summed E-state index contributed by atoms with van der Waals surface area (Å²) in [7, 11) is 0. The number of fused-ring (bicyclic) bond motifs is 1. The topological polar surface area (TPSA) is 20.2 Å². The second-order valence-corrected chi connectivity index (χ2v) is 8.05. The van der Waals surface area contributed by atoms with E-state index < -0.39 is 0 Å². The number of halogens is 1. The van der Waals surface area contributed by atoms with Gasteiger partial charge in [-0.1, -0.05) is 42.8 Å². The van der Waals surface area contributed by atoms with E-state index in [-0.39, 0.29) is 0 Å². The van der Waals surface area contributed by atoms with Crippen LogP contribution in [0.3, 0.4) is 0 Å². The third-order valence-corrected chi connectivity index (χ3v) is 5.95. The lowest BCUT2D eigenvalue weighted by Gasteiger charge is -2.31. The van der Waals surface area contributed by atoms with E-state index in [1.807, 2.05) is 25.1 Å². The Morgan fingerprint density at radius 1 is 1.21 bits per heavy atom. The first kappa shape index (κ1) is 20.7. The largest absolute Gasteiger partial charge is 0.347 e. The molecule has 0 spiro atoms. The molecule has 0 aliphatic rings. The average Bonchev–Trinajstić information content (AvgIpc) is 3.05. The first-order valence-corrected chi connectivity index (χ1v) is 10.6. The van der Waals surface area contributed by atoms with Crippen LogP contribution in [-0.4, -0.2) is 20.6 Å². The molecule has 0 aliphatic carbocycles.